The van der Waals surface area contributed by atoms with E-state index >= 15 is 0 Å². The highest BCUT2D eigenvalue weighted by molar-refractivity contribution is 5.66. The van der Waals surface area contributed by atoms with Gasteiger partial charge in [0, 0.05) is 23.6 Å². The number of nitrogens with two attached hydrogens (primary N) is 1. The van der Waals surface area contributed by atoms with Crippen molar-refractivity contribution in [3.8, 4) is 16.8 Å². The molecule has 18 heavy (non-hydrogen) atoms. The number of aromatic nitrogens is 3. The Balaban J connectivity index is 2.00. The van der Waals surface area contributed by atoms with E-state index in [9.17, 15) is 0 Å². The van der Waals surface area contributed by atoms with E-state index in [0.29, 0.717) is 0 Å². The Morgan fingerprint density at radius 1 is 1.00 bits per heavy atom. The van der Waals surface area contributed by atoms with Crippen LogP contribution in [0.5, 0.6) is 0 Å². The van der Waals surface area contributed by atoms with Crippen LogP contribution in [0.1, 0.15) is 0 Å². The molecule has 4 heteroatoms. The van der Waals surface area contributed by atoms with Crippen molar-refractivity contribution in [1.82, 2.24) is 14.8 Å². The molecule has 0 radical (unpaired) electrons. The largest absolute Gasteiger partial charge is 0.399 e. The molecule has 0 aliphatic carbocycles. The quantitative estimate of drug-likeness (QED) is 0.695. The van der Waals surface area contributed by atoms with Crippen molar-refractivity contribution in [2.24, 2.45) is 0 Å². The lowest BCUT2D eigenvalue weighted by Crippen LogP contribution is -1.93. The highest BCUT2D eigenvalue weighted by atomic mass is 15.3. The van der Waals surface area contributed by atoms with Gasteiger partial charge in [-0.15, -0.1) is 0 Å². The first-order valence-electron chi connectivity index (χ1n) is 5.64. The van der Waals surface area contributed by atoms with E-state index in [4.69, 9.17) is 5.73 Å². The number of hydrogen-bond donors (Lipinski definition) is 1. The zero-order valence-electron chi connectivity index (χ0n) is 9.69. The van der Waals surface area contributed by atoms with Crippen LogP contribution in [-0.2, 0) is 0 Å². The van der Waals surface area contributed by atoms with Gasteiger partial charge in [0.2, 0.25) is 0 Å². The lowest BCUT2D eigenvalue weighted by Gasteiger charge is -1.99. The second-order valence-electron chi connectivity index (χ2n) is 4.01. The molecule has 2 aromatic heterocycles. The van der Waals surface area contributed by atoms with Gasteiger partial charge in [0.15, 0.2) is 0 Å². The molecule has 0 saturated carbocycles. The lowest BCUT2D eigenvalue weighted by atomic mass is 10.1. The molecule has 3 aromatic rings. The third-order valence-corrected chi connectivity index (χ3v) is 2.71. The third kappa shape index (κ3) is 1.96. The SMILES string of the molecule is Nc1cccc(-c2cnn(-c3cccnc3)c2)c1. The van der Waals surface area contributed by atoms with E-state index in [1.807, 2.05) is 48.8 Å². The summed E-state index contributed by atoms with van der Waals surface area (Å²) in [6, 6.07) is 11.6. The molecule has 0 spiro atoms. The van der Waals surface area contributed by atoms with Crippen LogP contribution in [0.25, 0.3) is 16.8 Å². The van der Waals surface area contributed by atoms with Gasteiger partial charge >= 0.3 is 0 Å². The highest BCUT2D eigenvalue weighted by Crippen LogP contribution is 2.21. The molecule has 0 fully saturated rings. The summed E-state index contributed by atoms with van der Waals surface area (Å²) in [5, 5.41) is 4.33. The number of hydrogen-bond acceptors (Lipinski definition) is 3. The number of anilines is 1. The number of nitrogens with zero attached hydrogens (tertiary/aromatic N) is 3. The summed E-state index contributed by atoms with van der Waals surface area (Å²) in [7, 11) is 0. The Morgan fingerprint density at radius 3 is 2.72 bits per heavy atom. The highest BCUT2D eigenvalue weighted by Gasteiger charge is 2.03. The molecule has 0 unspecified atom stereocenters. The van der Waals surface area contributed by atoms with Gasteiger partial charge in [0.1, 0.15) is 0 Å². The summed E-state index contributed by atoms with van der Waals surface area (Å²) in [5.41, 5.74) is 9.56. The fourth-order valence-electron chi connectivity index (χ4n) is 1.82. The van der Waals surface area contributed by atoms with Gasteiger partial charge in [-0.2, -0.15) is 5.10 Å². The average Bonchev–Trinajstić information content (AvgIpc) is 2.89. The first kappa shape index (κ1) is 10.5. The van der Waals surface area contributed by atoms with Gasteiger partial charge in [-0.3, -0.25) is 4.98 Å². The molecule has 0 amide bonds. The van der Waals surface area contributed by atoms with Gasteiger partial charge in [-0.1, -0.05) is 12.1 Å². The van der Waals surface area contributed by atoms with Crippen LogP contribution in [-0.4, -0.2) is 14.8 Å². The van der Waals surface area contributed by atoms with Crippen molar-refractivity contribution in [2.75, 3.05) is 5.73 Å². The summed E-state index contributed by atoms with van der Waals surface area (Å²) in [4.78, 5) is 4.08. The van der Waals surface area contributed by atoms with Gasteiger partial charge in [-0.25, -0.2) is 4.68 Å². The normalized spacial score (nSPS) is 10.4. The summed E-state index contributed by atoms with van der Waals surface area (Å²) in [6.45, 7) is 0. The van der Waals surface area contributed by atoms with Crippen LogP contribution in [0.15, 0.2) is 61.2 Å². The minimum Gasteiger partial charge on any atom is -0.399 e. The fourth-order valence-corrected chi connectivity index (χ4v) is 1.82. The van der Waals surface area contributed by atoms with Crippen molar-refractivity contribution >= 4 is 5.69 Å². The number of pyridine rings is 1. The molecule has 1 aromatic carbocycles. The molecule has 3 rings (SSSR count). The van der Waals surface area contributed by atoms with Crippen molar-refractivity contribution < 1.29 is 0 Å². The first-order valence-corrected chi connectivity index (χ1v) is 5.64. The van der Waals surface area contributed by atoms with Gasteiger partial charge < -0.3 is 5.73 Å². The predicted octanol–water partition coefficient (Wildman–Crippen LogP) is 2.52. The third-order valence-electron chi connectivity index (χ3n) is 2.71. The standard InChI is InChI=1S/C14H12N4/c15-13-4-1-3-11(7-13)12-8-17-18(10-12)14-5-2-6-16-9-14/h1-10H,15H2. The predicted molar refractivity (Wildman–Crippen MR) is 71.2 cm³/mol. The molecule has 0 aliphatic heterocycles. The zero-order chi connectivity index (χ0) is 12.4. The van der Waals surface area contributed by atoms with Gasteiger partial charge in [0.25, 0.3) is 0 Å². The van der Waals surface area contributed by atoms with Crippen LogP contribution in [0, 0.1) is 0 Å². The van der Waals surface area contributed by atoms with Crippen molar-refractivity contribution in [3.63, 3.8) is 0 Å². The van der Waals surface area contributed by atoms with E-state index in [1.165, 1.54) is 0 Å². The Hall–Kier alpha value is -2.62. The molecular weight excluding hydrogens is 224 g/mol. The fraction of sp³-hybridized carbons (Fsp3) is 0. The van der Waals surface area contributed by atoms with Crippen LogP contribution < -0.4 is 5.73 Å². The van der Waals surface area contributed by atoms with E-state index in [0.717, 1.165) is 22.5 Å². The maximum atomic E-state index is 5.78. The van der Waals surface area contributed by atoms with E-state index < -0.39 is 0 Å². The second kappa shape index (κ2) is 4.33. The maximum Gasteiger partial charge on any atom is 0.0828 e. The molecule has 88 valence electrons. The molecule has 0 aliphatic rings. The summed E-state index contributed by atoms with van der Waals surface area (Å²) in [5.74, 6) is 0. The van der Waals surface area contributed by atoms with Crippen molar-refractivity contribution in [2.45, 2.75) is 0 Å². The minimum absolute atomic E-state index is 0.752. The topological polar surface area (TPSA) is 56.7 Å². The smallest absolute Gasteiger partial charge is 0.0828 e. The van der Waals surface area contributed by atoms with Crippen LogP contribution in [0.3, 0.4) is 0 Å². The molecule has 0 saturated heterocycles. The monoisotopic (exact) mass is 236 g/mol. The summed E-state index contributed by atoms with van der Waals surface area (Å²) in [6.07, 6.45) is 7.30. The minimum atomic E-state index is 0.752. The van der Waals surface area contributed by atoms with Crippen molar-refractivity contribution in [3.05, 3.63) is 61.2 Å². The maximum absolute atomic E-state index is 5.78. The van der Waals surface area contributed by atoms with Crippen molar-refractivity contribution in [1.29, 1.82) is 0 Å². The number of nitrogen functional groups attached to an aromatic ring is 1. The number of rotatable bonds is 2. The van der Waals surface area contributed by atoms with Gasteiger partial charge in [0.05, 0.1) is 18.1 Å². The Kier molecular flexibility index (Phi) is 2.53. The molecule has 4 nitrogen and oxygen atoms in total. The van der Waals surface area contributed by atoms with E-state index in [-0.39, 0.29) is 0 Å². The molecular formula is C14H12N4. The number of benzene rings is 1. The van der Waals surface area contributed by atoms with Crippen LogP contribution >= 0.6 is 0 Å². The molecule has 0 bridgehead atoms. The van der Waals surface area contributed by atoms with Crippen LogP contribution in [0.4, 0.5) is 5.69 Å². The lowest BCUT2D eigenvalue weighted by molar-refractivity contribution is 0.874. The summed E-state index contributed by atoms with van der Waals surface area (Å²) < 4.78 is 1.80. The van der Waals surface area contributed by atoms with E-state index in [1.54, 1.807) is 17.1 Å². The van der Waals surface area contributed by atoms with Crippen LogP contribution in [0.2, 0.25) is 0 Å². The van der Waals surface area contributed by atoms with E-state index in [2.05, 4.69) is 10.1 Å². The molecule has 0 atom stereocenters. The Morgan fingerprint density at radius 2 is 1.94 bits per heavy atom. The zero-order valence-corrected chi connectivity index (χ0v) is 9.69. The van der Waals surface area contributed by atoms with Gasteiger partial charge in [-0.05, 0) is 29.8 Å². The molecule has 2 heterocycles. The second-order valence-corrected chi connectivity index (χ2v) is 4.01. The summed E-state index contributed by atoms with van der Waals surface area (Å²) >= 11 is 0. The Labute approximate surface area is 105 Å². The first-order chi connectivity index (χ1) is 8.83. The Bertz CT molecular complexity index is 658. The molecule has 2 N–H and O–H groups in total. The average molecular weight is 236 g/mol.